The van der Waals surface area contributed by atoms with Gasteiger partial charge in [0.25, 0.3) is 0 Å². The van der Waals surface area contributed by atoms with Gasteiger partial charge in [0.2, 0.25) is 5.96 Å². The van der Waals surface area contributed by atoms with Gasteiger partial charge in [0.05, 0.1) is 0 Å². The highest BCUT2D eigenvalue weighted by Crippen LogP contribution is 2.09. The molecule has 1 unspecified atom stereocenters. The van der Waals surface area contributed by atoms with Gasteiger partial charge in [-0.3, -0.25) is 4.90 Å². The summed E-state index contributed by atoms with van der Waals surface area (Å²) in [5.74, 6) is 1.33. The first-order valence-corrected chi connectivity index (χ1v) is 9.57. The van der Waals surface area contributed by atoms with Crippen molar-refractivity contribution in [2.24, 2.45) is 21.6 Å². The fraction of sp³-hybridized carbons (Fsp3) is 0.304. The summed E-state index contributed by atoms with van der Waals surface area (Å²) in [4.78, 5) is 11.0. The molecule has 1 atom stereocenters. The third-order valence-electron chi connectivity index (χ3n) is 4.15. The molecule has 1 aromatic rings. The second-order valence-electron chi connectivity index (χ2n) is 7.00. The van der Waals surface area contributed by atoms with E-state index < -0.39 is 0 Å². The number of nitrogens with zero attached hydrogens (tertiary/aromatic N) is 3. The SMILES string of the molecule is C/C=C(\N=C(N)N=C(C)CN(C)Cc1ccccc1)NC1=CC=CC(C)C=C1. The summed E-state index contributed by atoms with van der Waals surface area (Å²) in [6, 6.07) is 10.4. The Morgan fingerprint density at radius 3 is 2.68 bits per heavy atom. The van der Waals surface area contributed by atoms with Crippen molar-refractivity contribution in [3.63, 3.8) is 0 Å². The highest BCUT2D eigenvalue weighted by molar-refractivity contribution is 5.96. The third-order valence-corrected chi connectivity index (χ3v) is 4.15. The van der Waals surface area contributed by atoms with Crippen molar-refractivity contribution < 1.29 is 0 Å². The van der Waals surface area contributed by atoms with Crippen molar-refractivity contribution >= 4 is 11.7 Å². The molecule has 0 spiro atoms. The third kappa shape index (κ3) is 7.76. The predicted molar refractivity (Wildman–Crippen MR) is 120 cm³/mol. The smallest absolute Gasteiger partial charge is 0.221 e. The number of nitrogens with one attached hydrogen (secondary N) is 1. The van der Waals surface area contributed by atoms with Crippen LogP contribution >= 0.6 is 0 Å². The van der Waals surface area contributed by atoms with Gasteiger partial charge in [-0.1, -0.05) is 55.5 Å². The quantitative estimate of drug-likeness (QED) is 0.558. The van der Waals surface area contributed by atoms with Gasteiger partial charge in [0.15, 0.2) is 0 Å². The molecule has 0 saturated heterocycles. The van der Waals surface area contributed by atoms with E-state index in [2.05, 4.69) is 70.6 Å². The molecule has 0 aliphatic heterocycles. The van der Waals surface area contributed by atoms with E-state index in [1.807, 2.05) is 44.2 Å². The number of guanidine groups is 1. The van der Waals surface area contributed by atoms with Crippen molar-refractivity contribution in [3.8, 4) is 0 Å². The van der Waals surface area contributed by atoms with Crippen LogP contribution in [0, 0.1) is 5.92 Å². The van der Waals surface area contributed by atoms with Crippen LogP contribution in [0.4, 0.5) is 0 Å². The maximum absolute atomic E-state index is 6.05. The maximum atomic E-state index is 6.05. The Balaban J connectivity index is 1.95. The van der Waals surface area contributed by atoms with Crippen LogP contribution < -0.4 is 11.1 Å². The summed E-state index contributed by atoms with van der Waals surface area (Å²) < 4.78 is 0. The Morgan fingerprint density at radius 1 is 1.21 bits per heavy atom. The van der Waals surface area contributed by atoms with Gasteiger partial charge in [-0.25, -0.2) is 4.99 Å². The van der Waals surface area contributed by atoms with Crippen LogP contribution in [0.15, 0.2) is 88.3 Å². The fourth-order valence-electron chi connectivity index (χ4n) is 2.83. The van der Waals surface area contributed by atoms with Gasteiger partial charge >= 0.3 is 0 Å². The number of allylic oxidation sites excluding steroid dienone is 6. The standard InChI is InChI=1S/C23H31N5/c1-5-22(26-21-13-9-10-18(2)14-15-21)27-23(24)25-19(3)16-28(4)17-20-11-7-6-8-12-20/h5-15,18,26H,16-17H2,1-4H3,(H2,24,27)/b22-5-,25-19?. The first-order chi connectivity index (χ1) is 13.5. The van der Waals surface area contributed by atoms with Gasteiger partial charge in [-0.2, -0.15) is 4.99 Å². The first kappa shape index (κ1) is 21.4. The Kier molecular flexibility index (Phi) is 8.43. The zero-order chi connectivity index (χ0) is 20.4. The van der Waals surface area contributed by atoms with Crippen molar-refractivity contribution in [2.45, 2.75) is 27.3 Å². The Morgan fingerprint density at radius 2 is 1.96 bits per heavy atom. The van der Waals surface area contributed by atoms with Gasteiger partial charge in [-0.05, 0) is 50.6 Å². The predicted octanol–water partition coefficient (Wildman–Crippen LogP) is 3.99. The molecule has 0 radical (unpaired) electrons. The summed E-state index contributed by atoms with van der Waals surface area (Å²) in [6.07, 6.45) is 12.3. The summed E-state index contributed by atoms with van der Waals surface area (Å²) >= 11 is 0. The number of aliphatic imine (C=N–C) groups is 2. The van der Waals surface area contributed by atoms with Crippen LogP contribution in [0.5, 0.6) is 0 Å². The van der Waals surface area contributed by atoms with E-state index in [1.165, 1.54) is 5.56 Å². The molecule has 0 aromatic heterocycles. The van der Waals surface area contributed by atoms with Crippen LogP contribution in [0.3, 0.4) is 0 Å². The van der Waals surface area contributed by atoms with E-state index in [1.54, 1.807) is 0 Å². The molecular formula is C23H31N5. The van der Waals surface area contributed by atoms with E-state index in [-0.39, 0.29) is 5.96 Å². The largest absolute Gasteiger partial charge is 0.368 e. The molecule has 5 heteroatoms. The lowest BCUT2D eigenvalue weighted by molar-refractivity contribution is 0.373. The molecule has 1 aliphatic carbocycles. The Labute approximate surface area is 168 Å². The lowest BCUT2D eigenvalue weighted by Crippen LogP contribution is -2.26. The second kappa shape index (κ2) is 11.0. The zero-order valence-electron chi connectivity index (χ0n) is 17.3. The van der Waals surface area contributed by atoms with Crippen LogP contribution in [-0.4, -0.2) is 30.2 Å². The molecule has 5 nitrogen and oxygen atoms in total. The van der Waals surface area contributed by atoms with Crippen LogP contribution in [-0.2, 0) is 6.54 Å². The van der Waals surface area contributed by atoms with Gasteiger partial charge < -0.3 is 11.1 Å². The normalized spacial score (nSPS) is 18.2. The van der Waals surface area contributed by atoms with Crippen molar-refractivity contribution in [2.75, 3.05) is 13.6 Å². The van der Waals surface area contributed by atoms with Crippen LogP contribution in [0.2, 0.25) is 0 Å². The Bertz CT molecular complexity index is 813. The molecule has 1 aromatic carbocycles. The highest BCUT2D eigenvalue weighted by atomic mass is 15.1. The molecule has 3 N–H and O–H groups in total. The lowest BCUT2D eigenvalue weighted by atomic mass is 10.2. The number of hydrogen-bond acceptors (Lipinski definition) is 3. The minimum atomic E-state index is 0.244. The number of nitrogens with two attached hydrogens (primary N) is 1. The van der Waals surface area contributed by atoms with Crippen molar-refractivity contribution in [1.29, 1.82) is 0 Å². The summed E-state index contributed by atoms with van der Waals surface area (Å²) in [7, 11) is 2.07. The summed E-state index contributed by atoms with van der Waals surface area (Å²) in [5.41, 5.74) is 9.20. The fourth-order valence-corrected chi connectivity index (χ4v) is 2.83. The van der Waals surface area contributed by atoms with E-state index >= 15 is 0 Å². The summed E-state index contributed by atoms with van der Waals surface area (Å²) in [6.45, 7) is 7.61. The van der Waals surface area contributed by atoms with E-state index in [9.17, 15) is 0 Å². The molecule has 28 heavy (non-hydrogen) atoms. The second-order valence-corrected chi connectivity index (χ2v) is 7.00. The van der Waals surface area contributed by atoms with Crippen LogP contribution in [0.1, 0.15) is 26.3 Å². The average Bonchev–Trinajstić information content (AvgIpc) is 2.85. The van der Waals surface area contributed by atoms with Crippen molar-refractivity contribution in [3.05, 3.63) is 83.9 Å². The monoisotopic (exact) mass is 377 g/mol. The molecule has 1 aliphatic rings. The molecule has 2 rings (SSSR count). The zero-order valence-corrected chi connectivity index (χ0v) is 17.3. The van der Waals surface area contributed by atoms with Crippen LogP contribution in [0.25, 0.3) is 0 Å². The number of hydrogen-bond donors (Lipinski definition) is 2. The number of rotatable bonds is 7. The average molecular weight is 378 g/mol. The topological polar surface area (TPSA) is 66.0 Å². The maximum Gasteiger partial charge on any atom is 0.221 e. The van der Waals surface area contributed by atoms with Gasteiger partial charge in [0, 0.05) is 24.5 Å². The molecule has 148 valence electrons. The molecule has 0 saturated carbocycles. The number of benzene rings is 1. The first-order valence-electron chi connectivity index (χ1n) is 9.57. The lowest BCUT2D eigenvalue weighted by Gasteiger charge is -2.16. The Hall–Kier alpha value is -2.92. The minimum absolute atomic E-state index is 0.244. The van der Waals surface area contributed by atoms with E-state index in [0.717, 1.165) is 24.5 Å². The van der Waals surface area contributed by atoms with Gasteiger partial charge in [0.1, 0.15) is 5.82 Å². The molecular weight excluding hydrogens is 346 g/mol. The summed E-state index contributed by atoms with van der Waals surface area (Å²) in [5, 5.41) is 3.28. The van der Waals surface area contributed by atoms with E-state index in [4.69, 9.17) is 5.73 Å². The highest BCUT2D eigenvalue weighted by Gasteiger charge is 2.04. The molecule has 0 heterocycles. The van der Waals surface area contributed by atoms with E-state index in [0.29, 0.717) is 11.7 Å². The molecule has 0 amide bonds. The van der Waals surface area contributed by atoms with Crippen molar-refractivity contribution in [1.82, 2.24) is 10.2 Å². The molecule has 0 fully saturated rings. The van der Waals surface area contributed by atoms with Gasteiger partial charge in [-0.15, -0.1) is 0 Å². The molecule has 0 bridgehead atoms. The minimum Gasteiger partial charge on any atom is -0.368 e.